The minimum Gasteiger partial charge on any atom is -0.469 e. The lowest BCUT2D eigenvalue weighted by Gasteiger charge is -2.14. The van der Waals surface area contributed by atoms with Gasteiger partial charge < -0.3 is 9.73 Å². The van der Waals surface area contributed by atoms with Crippen molar-refractivity contribution in [3.63, 3.8) is 0 Å². The Balaban J connectivity index is 1.97. The predicted molar refractivity (Wildman–Crippen MR) is 76.6 cm³/mol. The molecule has 0 bridgehead atoms. The summed E-state index contributed by atoms with van der Waals surface area (Å²) in [6.45, 7) is 2.72. The number of rotatable bonds is 6. The van der Waals surface area contributed by atoms with Crippen LogP contribution in [0.15, 0.2) is 52.0 Å². The summed E-state index contributed by atoms with van der Waals surface area (Å²) in [4.78, 5) is 0.134. The van der Waals surface area contributed by atoms with E-state index in [0.29, 0.717) is 0 Å². The molecular formula is C14H18N2O3S. The molecule has 6 heteroatoms. The molecule has 1 atom stereocenters. The van der Waals surface area contributed by atoms with E-state index in [9.17, 15) is 8.42 Å². The van der Waals surface area contributed by atoms with Crippen LogP contribution in [0, 0.1) is 0 Å². The Morgan fingerprint density at radius 1 is 1.30 bits per heavy atom. The number of hydrogen-bond donors (Lipinski definition) is 2. The first kappa shape index (κ1) is 14.8. The largest absolute Gasteiger partial charge is 0.469 e. The Morgan fingerprint density at radius 2 is 2.10 bits per heavy atom. The van der Waals surface area contributed by atoms with E-state index in [-0.39, 0.29) is 10.9 Å². The summed E-state index contributed by atoms with van der Waals surface area (Å²) in [6.07, 6.45) is 2.43. The molecule has 1 unspecified atom stereocenters. The molecule has 0 aliphatic heterocycles. The fourth-order valence-corrected chi connectivity index (χ4v) is 2.51. The van der Waals surface area contributed by atoms with Crippen molar-refractivity contribution in [2.45, 2.75) is 24.3 Å². The Labute approximate surface area is 118 Å². The molecule has 3 N–H and O–H groups in total. The Kier molecular flexibility index (Phi) is 4.59. The monoisotopic (exact) mass is 294 g/mol. The SMILES string of the molecule is CC(NCCc1ccco1)c1cccc(S(N)(=O)=O)c1. The first-order valence-electron chi connectivity index (χ1n) is 6.35. The first-order valence-corrected chi connectivity index (χ1v) is 7.90. The van der Waals surface area contributed by atoms with Crippen molar-refractivity contribution in [1.82, 2.24) is 5.32 Å². The van der Waals surface area contributed by atoms with Gasteiger partial charge in [0.15, 0.2) is 0 Å². The van der Waals surface area contributed by atoms with Crippen molar-refractivity contribution in [1.29, 1.82) is 0 Å². The van der Waals surface area contributed by atoms with E-state index in [1.165, 1.54) is 6.07 Å². The molecule has 0 amide bonds. The Morgan fingerprint density at radius 3 is 2.75 bits per heavy atom. The second-order valence-electron chi connectivity index (χ2n) is 4.62. The van der Waals surface area contributed by atoms with Gasteiger partial charge in [0.2, 0.25) is 10.0 Å². The highest BCUT2D eigenvalue weighted by atomic mass is 32.2. The summed E-state index contributed by atoms with van der Waals surface area (Å²) in [5, 5.41) is 8.45. The lowest BCUT2D eigenvalue weighted by atomic mass is 10.1. The Bertz CT molecular complexity index is 651. The summed E-state index contributed by atoms with van der Waals surface area (Å²) >= 11 is 0. The van der Waals surface area contributed by atoms with Gasteiger partial charge in [-0.3, -0.25) is 0 Å². The number of benzene rings is 1. The fourth-order valence-electron chi connectivity index (χ4n) is 1.95. The molecule has 1 heterocycles. The lowest BCUT2D eigenvalue weighted by molar-refractivity contribution is 0.486. The number of furan rings is 1. The third kappa shape index (κ3) is 3.93. The summed E-state index contributed by atoms with van der Waals surface area (Å²) in [6, 6.07) is 10.5. The van der Waals surface area contributed by atoms with Crippen LogP contribution in [0.2, 0.25) is 0 Å². The lowest BCUT2D eigenvalue weighted by Crippen LogP contribution is -2.21. The second kappa shape index (κ2) is 6.21. The van der Waals surface area contributed by atoms with Gasteiger partial charge in [0.05, 0.1) is 11.2 Å². The van der Waals surface area contributed by atoms with Gasteiger partial charge in [0.25, 0.3) is 0 Å². The van der Waals surface area contributed by atoms with Crippen LogP contribution in [0.5, 0.6) is 0 Å². The van der Waals surface area contributed by atoms with Crippen molar-refractivity contribution in [3.05, 3.63) is 54.0 Å². The van der Waals surface area contributed by atoms with Crippen LogP contribution in [0.3, 0.4) is 0 Å². The quantitative estimate of drug-likeness (QED) is 0.851. The number of primary sulfonamides is 1. The Hall–Kier alpha value is -1.63. The molecule has 0 radical (unpaired) electrons. The maximum absolute atomic E-state index is 11.3. The number of nitrogens with one attached hydrogen (secondary N) is 1. The summed E-state index contributed by atoms with van der Waals surface area (Å²) in [5.41, 5.74) is 0.885. The van der Waals surface area contributed by atoms with E-state index in [0.717, 1.165) is 24.3 Å². The van der Waals surface area contributed by atoms with Crippen LogP contribution in [0.4, 0.5) is 0 Å². The molecule has 0 spiro atoms. The van der Waals surface area contributed by atoms with Crippen molar-refractivity contribution in [2.24, 2.45) is 5.14 Å². The molecule has 0 saturated heterocycles. The van der Waals surface area contributed by atoms with Gasteiger partial charge in [-0.25, -0.2) is 13.6 Å². The van der Waals surface area contributed by atoms with Crippen molar-refractivity contribution < 1.29 is 12.8 Å². The number of nitrogens with two attached hydrogens (primary N) is 1. The summed E-state index contributed by atoms with van der Waals surface area (Å²) < 4.78 is 27.9. The smallest absolute Gasteiger partial charge is 0.238 e. The van der Waals surface area contributed by atoms with Gasteiger partial charge in [-0.1, -0.05) is 12.1 Å². The van der Waals surface area contributed by atoms with Crippen molar-refractivity contribution in [3.8, 4) is 0 Å². The van der Waals surface area contributed by atoms with Gasteiger partial charge >= 0.3 is 0 Å². The van der Waals surface area contributed by atoms with Crippen LogP contribution in [-0.4, -0.2) is 15.0 Å². The number of sulfonamides is 1. The van der Waals surface area contributed by atoms with E-state index >= 15 is 0 Å². The van der Waals surface area contributed by atoms with Gasteiger partial charge in [-0.2, -0.15) is 0 Å². The zero-order chi connectivity index (χ0) is 14.6. The average molecular weight is 294 g/mol. The van der Waals surface area contributed by atoms with Gasteiger partial charge in [0.1, 0.15) is 5.76 Å². The van der Waals surface area contributed by atoms with Crippen LogP contribution in [0.25, 0.3) is 0 Å². The maximum Gasteiger partial charge on any atom is 0.238 e. The molecule has 2 rings (SSSR count). The summed E-state index contributed by atoms with van der Waals surface area (Å²) in [7, 11) is -3.66. The van der Waals surface area contributed by atoms with Crippen LogP contribution in [-0.2, 0) is 16.4 Å². The minimum atomic E-state index is -3.66. The van der Waals surface area contributed by atoms with Crippen molar-refractivity contribution in [2.75, 3.05) is 6.54 Å². The van der Waals surface area contributed by atoms with E-state index in [1.54, 1.807) is 18.4 Å². The van der Waals surface area contributed by atoms with Gasteiger partial charge in [-0.05, 0) is 36.8 Å². The van der Waals surface area contributed by atoms with E-state index in [1.807, 2.05) is 25.1 Å². The predicted octanol–water partition coefficient (Wildman–Crippen LogP) is 1.82. The second-order valence-corrected chi connectivity index (χ2v) is 6.18. The average Bonchev–Trinajstić information content (AvgIpc) is 2.91. The third-order valence-corrected chi connectivity index (χ3v) is 4.00. The minimum absolute atomic E-state index is 0.0339. The molecule has 20 heavy (non-hydrogen) atoms. The van der Waals surface area contributed by atoms with E-state index in [4.69, 9.17) is 9.56 Å². The van der Waals surface area contributed by atoms with Crippen LogP contribution < -0.4 is 10.5 Å². The van der Waals surface area contributed by atoms with E-state index in [2.05, 4.69) is 5.32 Å². The number of hydrogen-bond acceptors (Lipinski definition) is 4. The highest BCUT2D eigenvalue weighted by Gasteiger charge is 2.11. The zero-order valence-electron chi connectivity index (χ0n) is 11.2. The molecule has 0 aliphatic rings. The van der Waals surface area contributed by atoms with Crippen molar-refractivity contribution >= 4 is 10.0 Å². The molecule has 0 aliphatic carbocycles. The molecular weight excluding hydrogens is 276 g/mol. The normalized spacial score (nSPS) is 13.3. The zero-order valence-corrected chi connectivity index (χ0v) is 12.1. The first-order chi connectivity index (χ1) is 9.47. The fraction of sp³-hybridized carbons (Fsp3) is 0.286. The molecule has 0 fully saturated rings. The highest BCUT2D eigenvalue weighted by molar-refractivity contribution is 7.89. The van der Waals surface area contributed by atoms with Gasteiger partial charge in [0, 0.05) is 19.0 Å². The molecule has 5 nitrogen and oxygen atoms in total. The molecule has 0 saturated carbocycles. The van der Waals surface area contributed by atoms with Gasteiger partial charge in [-0.15, -0.1) is 0 Å². The molecule has 1 aromatic carbocycles. The highest BCUT2D eigenvalue weighted by Crippen LogP contribution is 2.16. The third-order valence-electron chi connectivity index (χ3n) is 3.09. The maximum atomic E-state index is 11.3. The molecule has 1 aromatic heterocycles. The van der Waals surface area contributed by atoms with E-state index < -0.39 is 10.0 Å². The standard InChI is InChI=1S/C14H18N2O3S/c1-11(16-8-7-13-5-3-9-19-13)12-4-2-6-14(10-12)20(15,17)18/h2-6,9-11,16H,7-8H2,1H3,(H2,15,17,18). The summed E-state index contributed by atoms with van der Waals surface area (Å²) in [5.74, 6) is 0.919. The van der Waals surface area contributed by atoms with Crippen LogP contribution in [0.1, 0.15) is 24.3 Å². The molecule has 108 valence electrons. The molecule has 2 aromatic rings. The topological polar surface area (TPSA) is 85.3 Å². The van der Waals surface area contributed by atoms with Crippen LogP contribution >= 0.6 is 0 Å².